The number of para-hydroxylation sites is 1. The molecule has 5 aromatic rings. The number of oxime groups is 1. The lowest BCUT2D eigenvalue weighted by molar-refractivity contribution is 0.0515. The van der Waals surface area contributed by atoms with E-state index in [2.05, 4.69) is 9.72 Å². The van der Waals surface area contributed by atoms with Crippen LogP contribution in [0, 0.1) is 0 Å². The molecule has 0 bridgehead atoms. The van der Waals surface area contributed by atoms with Gasteiger partial charge in [-0.3, -0.25) is 4.79 Å². The minimum atomic E-state index is -0.484. The van der Waals surface area contributed by atoms with Crippen molar-refractivity contribution in [3.05, 3.63) is 108 Å². The van der Waals surface area contributed by atoms with Crippen molar-refractivity contribution in [3.63, 3.8) is 0 Å². The van der Waals surface area contributed by atoms with E-state index in [4.69, 9.17) is 9.25 Å². The summed E-state index contributed by atoms with van der Waals surface area (Å²) in [7, 11) is 0. The quantitative estimate of drug-likeness (QED) is 0.210. The number of aryl methyl sites for hydroxylation is 1. The van der Waals surface area contributed by atoms with Gasteiger partial charge < -0.3 is 13.8 Å². The molecule has 0 aliphatic carbocycles. The van der Waals surface area contributed by atoms with Crippen molar-refractivity contribution in [3.8, 4) is 0 Å². The Balaban J connectivity index is 1.42. The Bertz CT molecular complexity index is 1560. The zero-order valence-electron chi connectivity index (χ0n) is 17.5. The summed E-state index contributed by atoms with van der Waals surface area (Å²) in [6.45, 7) is 0.699. The maximum absolute atomic E-state index is 12.8. The van der Waals surface area contributed by atoms with Crippen LogP contribution in [0.5, 0.6) is 0 Å². The number of hydrogen-bond acceptors (Lipinski definition) is 5. The highest BCUT2D eigenvalue weighted by Gasteiger charge is 2.23. The van der Waals surface area contributed by atoms with Gasteiger partial charge in [0.05, 0.1) is 23.1 Å². The number of rotatable bonds is 4. The average Bonchev–Trinajstić information content (AvgIpc) is 3.51. The van der Waals surface area contributed by atoms with Crippen LogP contribution < -0.4 is 0 Å². The Kier molecular flexibility index (Phi) is 4.43. The van der Waals surface area contributed by atoms with E-state index in [-0.39, 0.29) is 5.78 Å². The molecule has 0 spiro atoms. The average molecular weight is 434 g/mol. The van der Waals surface area contributed by atoms with Gasteiger partial charge in [-0.1, -0.05) is 41.6 Å². The minimum absolute atomic E-state index is 0.149. The summed E-state index contributed by atoms with van der Waals surface area (Å²) in [5.41, 5.74) is 4.76. The topological polar surface area (TPSA) is 73.8 Å². The molecule has 3 aromatic carbocycles. The van der Waals surface area contributed by atoms with Gasteiger partial charge in [0.2, 0.25) is 5.78 Å². The number of hydrogen-bond donors (Lipinski definition) is 0. The van der Waals surface area contributed by atoms with Gasteiger partial charge in [-0.05, 0) is 42.5 Å². The monoisotopic (exact) mass is 434 g/mol. The second-order valence-corrected chi connectivity index (χ2v) is 7.92. The Morgan fingerprint density at radius 3 is 2.58 bits per heavy atom. The molecule has 0 amide bonds. The fourth-order valence-corrected chi connectivity index (χ4v) is 4.49. The molecule has 160 valence electrons. The van der Waals surface area contributed by atoms with Crippen LogP contribution in [0.4, 0.5) is 0 Å². The normalized spacial score (nSPS) is 14.1. The fourth-order valence-electron chi connectivity index (χ4n) is 4.49. The fraction of sp³-hybridized carbons (Fsp3) is 0.0741. The third kappa shape index (κ3) is 3.15. The second-order valence-electron chi connectivity index (χ2n) is 7.92. The molecule has 0 radical (unpaired) electrons. The molecule has 0 N–H and O–H groups in total. The van der Waals surface area contributed by atoms with E-state index in [0.29, 0.717) is 29.9 Å². The number of aromatic nitrogens is 1. The summed E-state index contributed by atoms with van der Waals surface area (Å²) < 4.78 is 7.52. The van der Waals surface area contributed by atoms with Gasteiger partial charge in [0.1, 0.15) is 0 Å². The van der Waals surface area contributed by atoms with E-state index in [0.717, 1.165) is 33.1 Å². The van der Waals surface area contributed by atoms with Crippen LogP contribution in [0.3, 0.4) is 0 Å². The summed E-state index contributed by atoms with van der Waals surface area (Å²) in [6.07, 6.45) is 2.13. The first-order valence-corrected chi connectivity index (χ1v) is 10.7. The Morgan fingerprint density at radius 2 is 1.76 bits per heavy atom. The number of nitrogens with zero attached hydrogens (tertiary/aromatic N) is 2. The highest BCUT2D eigenvalue weighted by Crippen LogP contribution is 2.35. The Labute approximate surface area is 188 Å². The predicted molar refractivity (Wildman–Crippen MR) is 125 cm³/mol. The SMILES string of the molecule is O=C(O/N=C1\CCn2c3ccc(C(=O)c4ccco4)cc3c3cccc1c32)c1ccccc1. The van der Waals surface area contributed by atoms with Crippen LogP contribution in [-0.2, 0) is 11.4 Å². The highest BCUT2D eigenvalue weighted by atomic mass is 16.7. The molecule has 6 rings (SSSR count). The summed E-state index contributed by atoms with van der Waals surface area (Å²) in [4.78, 5) is 30.4. The van der Waals surface area contributed by atoms with Crippen LogP contribution in [0.15, 0.2) is 94.7 Å². The van der Waals surface area contributed by atoms with E-state index >= 15 is 0 Å². The van der Waals surface area contributed by atoms with E-state index in [1.54, 1.807) is 36.4 Å². The molecule has 0 fully saturated rings. The van der Waals surface area contributed by atoms with Gasteiger partial charge in [-0.15, -0.1) is 0 Å². The second kappa shape index (κ2) is 7.60. The minimum Gasteiger partial charge on any atom is -0.461 e. The van der Waals surface area contributed by atoms with Crippen molar-refractivity contribution in [2.24, 2.45) is 5.16 Å². The maximum Gasteiger partial charge on any atom is 0.365 e. The molecule has 1 aliphatic rings. The molecule has 6 heteroatoms. The third-order valence-electron chi connectivity index (χ3n) is 6.02. The molecule has 2 aromatic heterocycles. The van der Waals surface area contributed by atoms with Crippen molar-refractivity contribution in [1.29, 1.82) is 0 Å². The van der Waals surface area contributed by atoms with Crippen molar-refractivity contribution in [2.45, 2.75) is 13.0 Å². The number of furan rings is 1. The van der Waals surface area contributed by atoms with Crippen LogP contribution in [0.1, 0.15) is 38.5 Å². The first-order chi connectivity index (χ1) is 16.2. The highest BCUT2D eigenvalue weighted by molar-refractivity contribution is 6.20. The van der Waals surface area contributed by atoms with Gasteiger partial charge in [-0.2, -0.15) is 0 Å². The number of benzene rings is 3. The van der Waals surface area contributed by atoms with Crippen molar-refractivity contribution in [1.82, 2.24) is 4.57 Å². The van der Waals surface area contributed by atoms with Crippen molar-refractivity contribution in [2.75, 3.05) is 0 Å². The van der Waals surface area contributed by atoms with Gasteiger partial charge >= 0.3 is 5.97 Å². The predicted octanol–water partition coefficient (Wildman–Crippen LogP) is 5.58. The number of fused-ring (bicyclic) bond motifs is 3. The van der Waals surface area contributed by atoms with Crippen LogP contribution in [0.25, 0.3) is 21.8 Å². The third-order valence-corrected chi connectivity index (χ3v) is 6.02. The molecular weight excluding hydrogens is 416 g/mol. The largest absolute Gasteiger partial charge is 0.461 e. The van der Waals surface area contributed by atoms with Crippen LogP contribution in [-0.4, -0.2) is 22.0 Å². The van der Waals surface area contributed by atoms with Crippen molar-refractivity contribution < 1.29 is 18.8 Å². The van der Waals surface area contributed by atoms with E-state index in [9.17, 15) is 9.59 Å². The molecule has 0 saturated carbocycles. The summed E-state index contributed by atoms with van der Waals surface area (Å²) in [5.74, 6) is -0.316. The molecule has 33 heavy (non-hydrogen) atoms. The van der Waals surface area contributed by atoms with Crippen molar-refractivity contribution >= 4 is 39.3 Å². The smallest absolute Gasteiger partial charge is 0.365 e. The molecule has 3 heterocycles. The zero-order chi connectivity index (χ0) is 22.4. The summed E-state index contributed by atoms with van der Waals surface area (Å²) in [5, 5.41) is 6.24. The molecular formula is C27H18N2O4. The molecule has 0 unspecified atom stereocenters. The van der Waals surface area contributed by atoms with Gasteiger partial charge in [0.15, 0.2) is 5.76 Å². The molecule has 1 aliphatic heterocycles. The van der Waals surface area contributed by atoms with E-state index in [1.165, 1.54) is 6.26 Å². The summed E-state index contributed by atoms with van der Waals surface area (Å²) in [6, 6.07) is 23.9. The first kappa shape index (κ1) is 19.3. The van der Waals surface area contributed by atoms with E-state index in [1.807, 2.05) is 42.5 Å². The molecule has 6 nitrogen and oxygen atoms in total. The lowest BCUT2D eigenvalue weighted by Crippen LogP contribution is -2.16. The van der Waals surface area contributed by atoms with Crippen LogP contribution in [0.2, 0.25) is 0 Å². The lowest BCUT2D eigenvalue weighted by atomic mass is 10.0. The zero-order valence-corrected chi connectivity index (χ0v) is 17.5. The van der Waals surface area contributed by atoms with Gasteiger partial charge in [-0.25, -0.2) is 4.79 Å². The van der Waals surface area contributed by atoms with E-state index < -0.39 is 5.97 Å². The van der Waals surface area contributed by atoms with Gasteiger partial charge in [0.25, 0.3) is 0 Å². The maximum atomic E-state index is 12.8. The van der Waals surface area contributed by atoms with Gasteiger partial charge in [0, 0.05) is 40.4 Å². The molecule has 0 saturated heterocycles. The Hall–Kier alpha value is -4.45. The Morgan fingerprint density at radius 1 is 0.879 bits per heavy atom. The summed E-state index contributed by atoms with van der Waals surface area (Å²) >= 11 is 0. The molecule has 0 atom stereocenters. The lowest BCUT2D eigenvalue weighted by Gasteiger charge is -2.18. The first-order valence-electron chi connectivity index (χ1n) is 10.7. The number of ketones is 1. The van der Waals surface area contributed by atoms with Crippen LogP contribution >= 0.6 is 0 Å². The number of carbonyl (C=O) groups is 2. The number of carbonyl (C=O) groups excluding carboxylic acids is 2. The standard InChI is InChI=1S/C27H18N2O4/c30-26(24-10-5-15-32-24)18-11-12-23-21(16-18)19-8-4-9-20-22(13-14-29(23)25(19)20)28-33-27(31)17-6-2-1-3-7-17/h1-12,15-16H,13-14H2/b28-22+.